The first-order chi connectivity index (χ1) is 10.1. The van der Waals surface area contributed by atoms with Crippen LogP contribution in [0.1, 0.15) is 44.1 Å². The molecular weight excluding hydrogens is 268 g/mol. The van der Waals surface area contributed by atoms with Crippen molar-refractivity contribution in [3.8, 4) is 0 Å². The molecule has 0 aromatic heterocycles. The molecule has 112 valence electrons. The van der Waals surface area contributed by atoms with Gasteiger partial charge in [0.1, 0.15) is 6.61 Å². The van der Waals surface area contributed by atoms with E-state index in [1.807, 2.05) is 30.3 Å². The lowest BCUT2D eigenvalue weighted by molar-refractivity contribution is -0.175. The van der Waals surface area contributed by atoms with Crippen LogP contribution >= 0.6 is 0 Å². The maximum atomic E-state index is 12.5. The zero-order valence-electron chi connectivity index (χ0n) is 12.0. The Labute approximate surface area is 124 Å². The second-order valence-corrected chi connectivity index (χ2v) is 6.43. The van der Waals surface area contributed by atoms with Crippen LogP contribution in [0, 0.1) is 10.8 Å². The summed E-state index contributed by atoms with van der Waals surface area (Å²) in [5, 5.41) is 9.37. The second-order valence-electron chi connectivity index (χ2n) is 6.43. The minimum atomic E-state index is -0.701. The standard InChI is InChI=1S/C17H20O4/c18-14(19)16-6-9-17(10-7-16,11-8-16)15(20)21-12-13-4-2-1-3-5-13/h1-5H,6-12H2,(H,18,19). The van der Waals surface area contributed by atoms with Gasteiger partial charge in [-0.05, 0) is 44.1 Å². The molecule has 0 aliphatic heterocycles. The van der Waals surface area contributed by atoms with Crippen LogP contribution in [0.2, 0.25) is 0 Å². The maximum Gasteiger partial charge on any atom is 0.312 e. The topological polar surface area (TPSA) is 63.6 Å². The van der Waals surface area contributed by atoms with Gasteiger partial charge in [-0.3, -0.25) is 9.59 Å². The van der Waals surface area contributed by atoms with Crippen LogP contribution in [0.4, 0.5) is 0 Å². The summed E-state index contributed by atoms with van der Waals surface area (Å²) in [6, 6.07) is 9.63. The van der Waals surface area contributed by atoms with Gasteiger partial charge in [0.05, 0.1) is 10.8 Å². The molecule has 3 saturated carbocycles. The summed E-state index contributed by atoms with van der Waals surface area (Å²) in [4.78, 5) is 23.9. The fourth-order valence-electron chi connectivity index (χ4n) is 3.69. The van der Waals surface area contributed by atoms with Crippen molar-refractivity contribution in [1.29, 1.82) is 0 Å². The number of carboxylic acids is 1. The Bertz CT molecular complexity index is 525. The summed E-state index contributed by atoms with van der Waals surface area (Å²) in [6.07, 6.45) is 3.74. The van der Waals surface area contributed by atoms with Crippen LogP contribution in [0.5, 0.6) is 0 Å². The van der Waals surface area contributed by atoms with Gasteiger partial charge in [0.15, 0.2) is 0 Å². The molecule has 4 heteroatoms. The fraction of sp³-hybridized carbons (Fsp3) is 0.529. The van der Waals surface area contributed by atoms with Crippen molar-refractivity contribution in [2.75, 3.05) is 0 Å². The molecular formula is C17H20O4. The maximum absolute atomic E-state index is 12.5. The lowest BCUT2D eigenvalue weighted by Crippen LogP contribution is -2.49. The van der Waals surface area contributed by atoms with Gasteiger partial charge < -0.3 is 9.84 Å². The van der Waals surface area contributed by atoms with E-state index in [1.165, 1.54) is 0 Å². The third-order valence-corrected chi connectivity index (χ3v) is 5.35. The molecule has 0 spiro atoms. The van der Waals surface area contributed by atoms with E-state index in [0.717, 1.165) is 5.56 Å². The molecule has 21 heavy (non-hydrogen) atoms. The molecule has 0 unspecified atom stereocenters. The number of ether oxygens (including phenoxy) is 1. The van der Waals surface area contributed by atoms with E-state index in [0.29, 0.717) is 45.1 Å². The number of aliphatic carboxylic acids is 1. The number of benzene rings is 1. The van der Waals surface area contributed by atoms with Gasteiger partial charge in [0.2, 0.25) is 0 Å². The SMILES string of the molecule is O=C(O)C12CCC(C(=O)OCc3ccccc3)(CC1)CC2. The van der Waals surface area contributed by atoms with Crippen LogP contribution in [0.25, 0.3) is 0 Å². The minimum absolute atomic E-state index is 0.148. The smallest absolute Gasteiger partial charge is 0.312 e. The number of hydrogen-bond acceptors (Lipinski definition) is 3. The quantitative estimate of drug-likeness (QED) is 0.864. The third-order valence-electron chi connectivity index (χ3n) is 5.35. The van der Waals surface area contributed by atoms with Gasteiger partial charge in [0, 0.05) is 0 Å². The van der Waals surface area contributed by atoms with Gasteiger partial charge in [-0.15, -0.1) is 0 Å². The molecule has 0 atom stereocenters. The Hall–Kier alpha value is -1.84. The first-order valence-electron chi connectivity index (χ1n) is 7.51. The van der Waals surface area contributed by atoms with E-state index < -0.39 is 16.8 Å². The van der Waals surface area contributed by atoms with Crippen LogP contribution in [-0.4, -0.2) is 17.0 Å². The summed E-state index contributed by atoms with van der Waals surface area (Å²) in [6.45, 7) is 0.297. The summed E-state index contributed by atoms with van der Waals surface area (Å²) >= 11 is 0. The van der Waals surface area contributed by atoms with Gasteiger partial charge in [-0.25, -0.2) is 0 Å². The van der Waals surface area contributed by atoms with Crippen LogP contribution in [0.3, 0.4) is 0 Å². The number of fused-ring (bicyclic) bond motifs is 3. The average Bonchev–Trinajstić information content (AvgIpc) is 2.55. The molecule has 1 aromatic rings. The lowest BCUT2D eigenvalue weighted by Gasteiger charge is -2.49. The molecule has 4 nitrogen and oxygen atoms in total. The van der Waals surface area contributed by atoms with Crippen LogP contribution in [0.15, 0.2) is 30.3 Å². The van der Waals surface area contributed by atoms with Crippen molar-refractivity contribution in [3.05, 3.63) is 35.9 Å². The summed E-state index contributed by atoms with van der Waals surface area (Å²) in [5.41, 5.74) is -0.0401. The van der Waals surface area contributed by atoms with Crippen LogP contribution in [-0.2, 0) is 20.9 Å². The molecule has 0 radical (unpaired) electrons. The Balaban J connectivity index is 1.63. The fourth-order valence-corrected chi connectivity index (χ4v) is 3.69. The number of esters is 1. The third kappa shape index (κ3) is 2.43. The van der Waals surface area contributed by atoms with Crippen molar-refractivity contribution in [2.24, 2.45) is 10.8 Å². The molecule has 3 fully saturated rings. The lowest BCUT2D eigenvalue weighted by atomic mass is 9.54. The summed E-state index contributed by atoms with van der Waals surface area (Å²) in [5.74, 6) is -0.849. The van der Waals surface area contributed by atoms with E-state index in [9.17, 15) is 14.7 Å². The van der Waals surface area contributed by atoms with E-state index in [1.54, 1.807) is 0 Å². The normalized spacial score (nSPS) is 30.9. The predicted molar refractivity (Wildman–Crippen MR) is 76.4 cm³/mol. The molecule has 1 N–H and O–H groups in total. The van der Waals surface area contributed by atoms with Gasteiger partial charge >= 0.3 is 11.9 Å². The zero-order chi connectivity index (χ0) is 14.9. The Kier molecular flexibility index (Phi) is 3.47. The van der Waals surface area contributed by atoms with Gasteiger partial charge in [-0.2, -0.15) is 0 Å². The number of carbonyl (C=O) groups is 2. The number of carbonyl (C=O) groups excluding carboxylic acids is 1. The number of rotatable bonds is 4. The second kappa shape index (κ2) is 5.17. The van der Waals surface area contributed by atoms with Crippen LogP contribution < -0.4 is 0 Å². The molecule has 0 amide bonds. The molecule has 2 bridgehead atoms. The highest BCUT2D eigenvalue weighted by atomic mass is 16.5. The summed E-state index contributed by atoms with van der Waals surface area (Å²) < 4.78 is 5.49. The van der Waals surface area contributed by atoms with Gasteiger partial charge in [0.25, 0.3) is 0 Å². The summed E-state index contributed by atoms with van der Waals surface area (Å²) in [7, 11) is 0. The molecule has 3 aliphatic carbocycles. The number of hydrogen-bond donors (Lipinski definition) is 1. The van der Waals surface area contributed by atoms with E-state index in [2.05, 4.69) is 0 Å². The largest absolute Gasteiger partial charge is 0.481 e. The van der Waals surface area contributed by atoms with Crippen molar-refractivity contribution in [3.63, 3.8) is 0 Å². The molecule has 0 heterocycles. The first-order valence-corrected chi connectivity index (χ1v) is 7.51. The zero-order valence-corrected chi connectivity index (χ0v) is 12.0. The predicted octanol–water partition coefficient (Wildman–Crippen LogP) is 3.16. The number of carboxylic acid groups (broad SMARTS) is 1. The highest BCUT2D eigenvalue weighted by molar-refractivity contribution is 5.80. The van der Waals surface area contributed by atoms with E-state index in [-0.39, 0.29) is 5.97 Å². The van der Waals surface area contributed by atoms with E-state index >= 15 is 0 Å². The van der Waals surface area contributed by atoms with Crippen molar-refractivity contribution in [1.82, 2.24) is 0 Å². The molecule has 0 saturated heterocycles. The molecule has 1 aromatic carbocycles. The first kappa shape index (κ1) is 14.1. The van der Waals surface area contributed by atoms with Crippen molar-refractivity contribution < 1.29 is 19.4 Å². The Morgan fingerprint density at radius 2 is 1.48 bits per heavy atom. The average molecular weight is 288 g/mol. The highest BCUT2D eigenvalue weighted by Crippen LogP contribution is 2.57. The minimum Gasteiger partial charge on any atom is -0.481 e. The monoisotopic (exact) mass is 288 g/mol. The highest BCUT2D eigenvalue weighted by Gasteiger charge is 2.56. The van der Waals surface area contributed by atoms with E-state index in [4.69, 9.17) is 4.74 Å². The van der Waals surface area contributed by atoms with Crippen molar-refractivity contribution >= 4 is 11.9 Å². The molecule has 3 aliphatic rings. The Morgan fingerprint density at radius 3 is 2.00 bits per heavy atom. The van der Waals surface area contributed by atoms with Gasteiger partial charge in [-0.1, -0.05) is 30.3 Å². The molecule has 4 rings (SSSR count). The van der Waals surface area contributed by atoms with Crippen molar-refractivity contribution in [2.45, 2.75) is 45.1 Å². The Morgan fingerprint density at radius 1 is 0.952 bits per heavy atom.